The van der Waals surface area contributed by atoms with Crippen LogP contribution in [0.2, 0.25) is 0 Å². The standard InChI is InChI=1S/C14H17N3O3/c1-4-5-6-10-9(2)16(3)14(20)17(10)11-7-8-12(18)15-13(11)19/h4-6,11H,2,7-8H2,1,3H3,(H,15,18,19)/b5-4-,10-6+. The van der Waals surface area contributed by atoms with Gasteiger partial charge >= 0.3 is 5.69 Å². The van der Waals surface area contributed by atoms with Gasteiger partial charge in [-0.15, -0.1) is 0 Å². The minimum atomic E-state index is -0.668. The van der Waals surface area contributed by atoms with Crippen LogP contribution < -0.4 is 21.7 Å². The Balaban J connectivity index is 2.66. The molecule has 2 amide bonds. The van der Waals surface area contributed by atoms with Gasteiger partial charge in [-0.05, 0) is 19.4 Å². The van der Waals surface area contributed by atoms with Crippen LogP contribution in [0.15, 0.2) is 16.9 Å². The molecule has 1 N–H and O–H groups in total. The van der Waals surface area contributed by atoms with Gasteiger partial charge in [-0.25, -0.2) is 4.79 Å². The molecule has 1 fully saturated rings. The lowest BCUT2D eigenvalue weighted by Crippen LogP contribution is -2.47. The summed E-state index contributed by atoms with van der Waals surface area (Å²) in [5, 5.41) is 3.40. The topological polar surface area (TPSA) is 73.1 Å². The summed E-state index contributed by atoms with van der Waals surface area (Å²) >= 11 is 0. The molecule has 1 aromatic rings. The van der Waals surface area contributed by atoms with Gasteiger partial charge in [-0.3, -0.25) is 24.0 Å². The molecule has 0 radical (unpaired) electrons. The van der Waals surface area contributed by atoms with Gasteiger partial charge in [0, 0.05) is 13.5 Å². The minimum absolute atomic E-state index is 0.229. The van der Waals surface area contributed by atoms with Gasteiger partial charge in [0.2, 0.25) is 11.8 Å². The van der Waals surface area contributed by atoms with Crippen LogP contribution >= 0.6 is 0 Å². The SMILES string of the molecule is C=c1/c(=C\C=C/C)n(C2CCC(=O)NC2=O)c(=O)n1C. The van der Waals surface area contributed by atoms with Gasteiger partial charge in [0.15, 0.2) is 0 Å². The van der Waals surface area contributed by atoms with E-state index in [4.69, 9.17) is 0 Å². The van der Waals surface area contributed by atoms with Crippen molar-refractivity contribution in [1.29, 1.82) is 0 Å². The number of amides is 2. The van der Waals surface area contributed by atoms with Crippen molar-refractivity contribution >= 4 is 24.5 Å². The predicted molar refractivity (Wildman–Crippen MR) is 75.1 cm³/mol. The molecule has 1 atom stereocenters. The molecule has 0 aromatic carbocycles. The van der Waals surface area contributed by atoms with Crippen LogP contribution in [-0.2, 0) is 16.6 Å². The zero-order chi connectivity index (χ0) is 14.9. The molecule has 106 valence electrons. The number of carbonyl (C=O) groups is 2. The molecule has 2 rings (SSSR count). The first-order valence-electron chi connectivity index (χ1n) is 6.40. The predicted octanol–water partition coefficient (Wildman–Crippen LogP) is -1.07. The average molecular weight is 275 g/mol. The van der Waals surface area contributed by atoms with Crippen LogP contribution in [0.3, 0.4) is 0 Å². The third-order valence-electron chi connectivity index (χ3n) is 3.42. The quantitative estimate of drug-likeness (QED) is 0.699. The maximum atomic E-state index is 12.3. The first kappa shape index (κ1) is 14.0. The van der Waals surface area contributed by atoms with E-state index in [0.717, 1.165) is 0 Å². The zero-order valence-corrected chi connectivity index (χ0v) is 11.5. The highest BCUT2D eigenvalue weighted by atomic mass is 16.2. The van der Waals surface area contributed by atoms with Gasteiger partial charge in [0.1, 0.15) is 6.04 Å². The van der Waals surface area contributed by atoms with Crippen LogP contribution in [0.5, 0.6) is 0 Å². The lowest BCUT2D eigenvalue weighted by atomic mass is 10.1. The third-order valence-corrected chi connectivity index (χ3v) is 3.42. The number of hydrogen-bond donors (Lipinski definition) is 1. The lowest BCUT2D eigenvalue weighted by molar-refractivity contribution is -0.135. The van der Waals surface area contributed by atoms with E-state index in [1.807, 2.05) is 13.0 Å². The summed E-state index contributed by atoms with van der Waals surface area (Å²) in [5.74, 6) is -0.742. The maximum Gasteiger partial charge on any atom is 0.329 e. The lowest BCUT2D eigenvalue weighted by Gasteiger charge is -2.21. The van der Waals surface area contributed by atoms with Crippen molar-refractivity contribution in [2.75, 3.05) is 0 Å². The second kappa shape index (κ2) is 5.32. The number of imidazole rings is 1. The molecule has 0 aliphatic carbocycles. The molecule has 1 aliphatic heterocycles. The molecule has 1 saturated heterocycles. The van der Waals surface area contributed by atoms with E-state index in [9.17, 15) is 14.4 Å². The Kier molecular flexibility index (Phi) is 3.74. The van der Waals surface area contributed by atoms with Crippen molar-refractivity contribution in [2.24, 2.45) is 7.05 Å². The summed E-state index contributed by atoms with van der Waals surface area (Å²) in [5.41, 5.74) is -0.305. The molecule has 6 heteroatoms. The molecule has 6 nitrogen and oxygen atoms in total. The van der Waals surface area contributed by atoms with Crippen LogP contribution in [0.4, 0.5) is 0 Å². The fourth-order valence-corrected chi connectivity index (χ4v) is 2.28. The minimum Gasteiger partial charge on any atom is -0.296 e. The van der Waals surface area contributed by atoms with Crippen LogP contribution in [0.1, 0.15) is 25.8 Å². The summed E-state index contributed by atoms with van der Waals surface area (Å²) in [6, 6.07) is -0.668. The molecule has 1 aliphatic rings. The van der Waals surface area contributed by atoms with E-state index in [2.05, 4.69) is 11.9 Å². The van der Waals surface area contributed by atoms with Gasteiger partial charge in [-0.1, -0.05) is 18.7 Å². The third kappa shape index (κ3) is 2.24. The molecule has 1 unspecified atom stereocenters. The highest BCUT2D eigenvalue weighted by Crippen LogP contribution is 2.14. The van der Waals surface area contributed by atoms with Crippen molar-refractivity contribution in [3.63, 3.8) is 0 Å². The monoisotopic (exact) mass is 275 g/mol. The molecule has 20 heavy (non-hydrogen) atoms. The van der Waals surface area contributed by atoms with E-state index in [1.54, 1.807) is 19.2 Å². The smallest absolute Gasteiger partial charge is 0.296 e. The van der Waals surface area contributed by atoms with Crippen molar-refractivity contribution in [3.05, 3.63) is 33.3 Å². The molecule has 0 spiro atoms. The highest BCUT2D eigenvalue weighted by molar-refractivity contribution is 5.99. The molecular formula is C14H17N3O3. The molecule has 1 aromatic heterocycles. The summed E-state index contributed by atoms with van der Waals surface area (Å²) in [6.45, 7) is 5.73. The Labute approximate surface area is 115 Å². The van der Waals surface area contributed by atoms with E-state index in [1.165, 1.54) is 9.13 Å². The van der Waals surface area contributed by atoms with Crippen LogP contribution in [-0.4, -0.2) is 20.9 Å². The van der Waals surface area contributed by atoms with Crippen molar-refractivity contribution in [3.8, 4) is 0 Å². The zero-order valence-electron chi connectivity index (χ0n) is 11.5. The fraction of sp³-hybridized carbons (Fsp3) is 0.357. The summed E-state index contributed by atoms with van der Waals surface area (Å²) in [4.78, 5) is 35.4. The first-order chi connectivity index (χ1) is 9.47. The van der Waals surface area contributed by atoms with Gasteiger partial charge < -0.3 is 0 Å². The van der Waals surface area contributed by atoms with Crippen LogP contribution in [0.25, 0.3) is 12.7 Å². The summed E-state index contributed by atoms with van der Waals surface area (Å²) in [7, 11) is 1.61. The Bertz CT molecular complexity index is 752. The number of piperidine rings is 1. The Hall–Kier alpha value is -2.37. The number of hydrogen-bond acceptors (Lipinski definition) is 3. The Morgan fingerprint density at radius 2 is 2.05 bits per heavy atom. The number of carbonyl (C=O) groups excluding carboxylic acids is 2. The van der Waals surface area contributed by atoms with Crippen LogP contribution in [0, 0.1) is 0 Å². The second-order valence-corrected chi connectivity index (χ2v) is 4.70. The summed E-state index contributed by atoms with van der Waals surface area (Å²) in [6.07, 6.45) is 5.91. The second-order valence-electron chi connectivity index (χ2n) is 4.70. The molecule has 2 heterocycles. The van der Waals surface area contributed by atoms with Crippen molar-refractivity contribution in [1.82, 2.24) is 14.5 Å². The van der Waals surface area contributed by atoms with Gasteiger partial charge in [0.25, 0.3) is 0 Å². The number of imide groups is 1. The Morgan fingerprint density at radius 3 is 2.65 bits per heavy atom. The van der Waals surface area contributed by atoms with Gasteiger partial charge in [0.05, 0.1) is 10.7 Å². The maximum absolute atomic E-state index is 12.3. The van der Waals surface area contributed by atoms with Crippen molar-refractivity contribution in [2.45, 2.75) is 25.8 Å². The fourth-order valence-electron chi connectivity index (χ4n) is 2.28. The average Bonchev–Trinajstić information content (AvgIpc) is 2.61. The van der Waals surface area contributed by atoms with E-state index >= 15 is 0 Å². The van der Waals surface area contributed by atoms with E-state index < -0.39 is 11.9 Å². The highest BCUT2D eigenvalue weighted by Gasteiger charge is 2.30. The van der Waals surface area contributed by atoms with Gasteiger partial charge in [-0.2, -0.15) is 0 Å². The summed E-state index contributed by atoms with van der Waals surface area (Å²) < 4.78 is 2.81. The Morgan fingerprint density at radius 1 is 1.35 bits per heavy atom. The molecule has 0 saturated carbocycles. The molecular weight excluding hydrogens is 258 g/mol. The number of rotatable bonds is 2. The number of allylic oxidation sites excluding steroid dienone is 2. The number of nitrogens with zero attached hydrogens (tertiary/aromatic N) is 2. The first-order valence-corrected chi connectivity index (χ1v) is 6.40. The largest absolute Gasteiger partial charge is 0.329 e. The number of nitrogens with one attached hydrogen (secondary N) is 1. The van der Waals surface area contributed by atoms with E-state index in [0.29, 0.717) is 17.1 Å². The normalized spacial score (nSPS) is 20.7. The number of aromatic nitrogens is 2. The van der Waals surface area contributed by atoms with Crippen molar-refractivity contribution < 1.29 is 9.59 Å². The van der Waals surface area contributed by atoms with E-state index in [-0.39, 0.29) is 18.0 Å². The molecule has 0 bridgehead atoms.